The summed E-state index contributed by atoms with van der Waals surface area (Å²) >= 11 is 7.38. The molecular weight excluding hydrogens is 479 g/mol. The van der Waals surface area contributed by atoms with Crippen molar-refractivity contribution in [3.63, 3.8) is 0 Å². The van der Waals surface area contributed by atoms with Crippen LogP contribution in [0, 0.1) is 5.82 Å². The van der Waals surface area contributed by atoms with Gasteiger partial charge in [-0.2, -0.15) is 4.98 Å². The Morgan fingerprint density at radius 3 is 2.41 bits per heavy atom. The van der Waals surface area contributed by atoms with Gasteiger partial charge < -0.3 is 14.8 Å². The fourth-order valence-corrected chi connectivity index (χ4v) is 4.27. The minimum atomic E-state index is -0.323. The molecule has 0 saturated heterocycles. The largest absolute Gasteiger partial charge is 0.497 e. The molecule has 10 heteroatoms. The number of rotatable bonds is 8. The van der Waals surface area contributed by atoms with E-state index in [1.54, 1.807) is 41.1 Å². The van der Waals surface area contributed by atoms with Gasteiger partial charge in [-0.15, -0.1) is 5.10 Å². The van der Waals surface area contributed by atoms with E-state index in [4.69, 9.17) is 21.1 Å². The average Bonchev–Trinajstić information content (AvgIpc) is 3.19. The van der Waals surface area contributed by atoms with Gasteiger partial charge >= 0.3 is 0 Å². The topological polar surface area (TPSA) is 78.3 Å². The van der Waals surface area contributed by atoms with Crippen molar-refractivity contribution in [2.45, 2.75) is 16.6 Å². The molecule has 1 N–H and O–H groups in total. The van der Waals surface area contributed by atoms with E-state index in [0.29, 0.717) is 34.5 Å². The van der Waals surface area contributed by atoms with Gasteiger partial charge in [0.05, 0.1) is 26.5 Å². The molecule has 0 saturated carbocycles. The standard InChI is InChI=1S/C24H20ClFN4O3S/c1-32-18-11-16(12-19(13-18)33-2)22(31)27-20-5-3-4-6-21(20)34-24-28-23(25)29-30(24)14-15-7-9-17(26)10-8-15/h3-13H,14H2,1-2H3,(H,27,31). The number of hydrogen-bond donors (Lipinski definition) is 1. The average molecular weight is 499 g/mol. The van der Waals surface area contributed by atoms with Crippen molar-refractivity contribution in [1.29, 1.82) is 0 Å². The van der Waals surface area contributed by atoms with Crippen LogP contribution in [0.15, 0.2) is 76.8 Å². The number of halogens is 2. The Bertz CT molecular complexity index is 1290. The van der Waals surface area contributed by atoms with Crippen molar-refractivity contribution >= 4 is 35.0 Å². The van der Waals surface area contributed by atoms with Crippen molar-refractivity contribution < 1.29 is 18.7 Å². The van der Waals surface area contributed by atoms with Crippen molar-refractivity contribution in [3.8, 4) is 11.5 Å². The van der Waals surface area contributed by atoms with Crippen LogP contribution in [0.5, 0.6) is 11.5 Å². The fraction of sp³-hybridized carbons (Fsp3) is 0.125. The van der Waals surface area contributed by atoms with Gasteiger partial charge in [0.25, 0.3) is 5.91 Å². The first-order valence-corrected chi connectivity index (χ1v) is 11.3. The van der Waals surface area contributed by atoms with Crippen molar-refractivity contribution in [1.82, 2.24) is 14.8 Å². The number of nitrogens with zero attached hydrogens (tertiary/aromatic N) is 3. The second kappa shape index (κ2) is 10.6. The van der Waals surface area contributed by atoms with Crippen LogP contribution >= 0.6 is 23.4 Å². The lowest BCUT2D eigenvalue weighted by Crippen LogP contribution is -2.13. The number of para-hydroxylation sites is 1. The van der Waals surface area contributed by atoms with Gasteiger partial charge in [-0.25, -0.2) is 9.07 Å². The zero-order valence-electron chi connectivity index (χ0n) is 18.3. The Kier molecular flexibility index (Phi) is 7.34. The van der Waals surface area contributed by atoms with E-state index in [1.807, 2.05) is 18.2 Å². The molecule has 0 aliphatic rings. The van der Waals surface area contributed by atoms with Gasteiger partial charge in [-0.05, 0) is 65.3 Å². The predicted molar refractivity (Wildman–Crippen MR) is 129 cm³/mol. The third-order valence-electron chi connectivity index (χ3n) is 4.81. The van der Waals surface area contributed by atoms with Gasteiger partial charge in [-0.3, -0.25) is 4.79 Å². The highest BCUT2D eigenvalue weighted by Crippen LogP contribution is 2.34. The highest BCUT2D eigenvalue weighted by atomic mass is 35.5. The maximum Gasteiger partial charge on any atom is 0.255 e. The number of carbonyl (C=O) groups is 1. The third kappa shape index (κ3) is 5.67. The van der Waals surface area contributed by atoms with Crippen molar-refractivity contribution in [2.24, 2.45) is 0 Å². The second-order valence-corrected chi connectivity index (χ2v) is 8.45. The Balaban J connectivity index is 1.57. The number of anilines is 1. The van der Waals surface area contributed by atoms with Crippen LogP contribution in [0.3, 0.4) is 0 Å². The van der Waals surface area contributed by atoms with Crippen LogP contribution in [0.25, 0.3) is 0 Å². The molecule has 0 unspecified atom stereocenters. The molecule has 3 aromatic carbocycles. The van der Waals surface area contributed by atoms with Crippen LogP contribution in [0.4, 0.5) is 10.1 Å². The Hall–Kier alpha value is -3.56. The molecule has 0 spiro atoms. The molecule has 0 radical (unpaired) electrons. The molecule has 0 bridgehead atoms. The van der Waals surface area contributed by atoms with E-state index < -0.39 is 0 Å². The summed E-state index contributed by atoms with van der Waals surface area (Å²) in [6.45, 7) is 0.362. The van der Waals surface area contributed by atoms with E-state index in [-0.39, 0.29) is 17.0 Å². The normalized spacial score (nSPS) is 10.7. The summed E-state index contributed by atoms with van der Waals surface area (Å²) in [5.74, 6) is 0.385. The van der Waals surface area contributed by atoms with Crippen LogP contribution in [-0.2, 0) is 6.54 Å². The molecule has 7 nitrogen and oxygen atoms in total. The Morgan fingerprint density at radius 1 is 1.06 bits per heavy atom. The fourth-order valence-electron chi connectivity index (χ4n) is 3.13. The first-order valence-electron chi connectivity index (χ1n) is 10.1. The van der Waals surface area contributed by atoms with Crippen molar-refractivity contribution in [2.75, 3.05) is 19.5 Å². The number of nitrogens with one attached hydrogen (secondary N) is 1. The minimum absolute atomic E-state index is 0.0922. The monoisotopic (exact) mass is 498 g/mol. The summed E-state index contributed by atoms with van der Waals surface area (Å²) in [7, 11) is 3.05. The molecular formula is C24H20ClFN4O3S. The number of carbonyl (C=O) groups excluding carboxylic acids is 1. The molecule has 4 aromatic rings. The quantitative estimate of drug-likeness (QED) is 0.343. The molecule has 174 valence electrons. The van der Waals surface area contributed by atoms with Crippen LogP contribution in [0.1, 0.15) is 15.9 Å². The Morgan fingerprint density at radius 2 is 1.74 bits per heavy atom. The first-order chi connectivity index (χ1) is 16.4. The SMILES string of the molecule is COc1cc(OC)cc(C(=O)Nc2ccccc2Sc2nc(Cl)nn2Cc2ccc(F)cc2)c1. The summed E-state index contributed by atoms with van der Waals surface area (Å²) in [5.41, 5.74) is 1.82. The smallest absolute Gasteiger partial charge is 0.255 e. The maximum atomic E-state index is 13.2. The van der Waals surface area contributed by atoms with Gasteiger partial charge in [0.15, 0.2) is 5.16 Å². The number of benzene rings is 3. The zero-order valence-corrected chi connectivity index (χ0v) is 19.9. The third-order valence-corrected chi connectivity index (χ3v) is 6.03. The number of amides is 1. The predicted octanol–water partition coefficient (Wildman–Crippen LogP) is 5.54. The van der Waals surface area contributed by atoms with Crippen molar-refractivity contribution in [3.05, 3.63) is 89.0 Å². The lowest BCUT2D eigenvalue weighted by molar-refractivity contribution is 0.102. The molecule has 1 amide bonds. The number of ether oxygens (including phenoxy) is 2. The van der Waals surface area contributed by atoms with Gasteiger partial charge in [0.2, 0.25) is 5.28 Å². The Labute approximate surface area is 204 Å². The van der Waals surface area contributed by atoms with Crippen LogP contribution in [0.2, 0.25) is 5.28 Å². The number of methoxy groups -OCH3 is 2. The molecule has 0 aliphatic heterocycles. The molecule has 1 aromatic heterocycles. The molecule has 1 heterocycles. The van der Waals surface area contributed by atoms with E-state index in [2.05, 4.69) is 15.4 Å². The lowest BCUT2D eigenvalue weighted by atomic mass is 10.2. The van der Waals surface area contributed by atoms with E-state index in [9.17, 15) is 9.18 Å². The zero-order chi connectivity index (χ0) is 24.1. The van der Waals surface area contributed by atoms with Gasteiger partial charge in [0, 0.05) is 16.5 Å². The maximum absolute atomic E-state index is 13.2. The summed E-state index contributed by atoms with van der Waals surface area (Å²) in [6, 6.07) is 18.4. The lowest BCUT2D eigenvalue weighted by Gasteiger charge is -2.12. The molecule has 0 fully saturated rings. The highest BCUT2D eigenvalue weighted by Gasteiger charge is 2.16. The van der Waals surface area contributed by atoms with E-state index >= 15 is 0 Å². The number of hydrogen-bond acceptors (Lipinski definition) is 6. The molecule has 34 heavy (non-hydrogen) atoms. The second-order valence-electron chi connectivity index (χ2n) is 7.10. The summed E-state index contributed by atoms with van der Waals surface area (Å²) in [4.78, 5) is 18.0. The molecule has 0 aliphatic carbocycles. The summed E-state index contributed by atoms with van der Waals surface area (Å²) < 4.78 is 25.4. The van der Waals surface area contributed by atoms with Crippen LogP contribution < -0.4 is 14.8 Å². The number of aromatic nitrogens is 3. The molecule has 4 rings (SSSR count). The van der Waals surface area contributed by atoms with E-state index in [1.165, 1.54) is 38.1 Å². The van der Waals surface area contributed by atoms with E-state index in [0.717, 1.165) is 10.5 Å². The van der Waals surface area contributed by atoms with Gasteiger partial charge in [-0.1, -0.05) is 24.3 Å². The highest BCUT2D eigenvalue weighted by molar-refractivity contribution is 7.99. The van der Waals surface area contributed by atoms with Crippen LogP contribution in [-0.4, -0.2) is 34.9 Å². The summed E-state index contributed by atoms with van der Waals surface area (Å²) in [6.07, 6.45) is 0. The summed E-state index contributed by atoms with van der Waals surface area (Å²) in [5, 5.41) is 7.79. The minimum Gasteiger partial charge on any atom is -0.497 e. The first kappa shape index (κ1) is 23.6. The molecule has 0 atom stereocenters. The van der Waals surface area contributed by atoms with Gasteiger partial charge in [0.1, 0.15) is 17.3 Å².